The molecule has 0 spiro atoms. The standard InChI is InChI=1S/C9H9N3O/c13-9-7-5-2-1-3-6(5)12-8(7)10-4-11-9/h4H,1-3H2,(H2,10,11,12,13). The molecule has 13 heavy (non-hydrogen) atoms. The van der Waals surface area contributed by atoms with Crippen LogP contribution in [0.25, 0.3) is 11.0 Å². The number of aryl methyl sites for hydroxylation is 2. The molecule has 0 aliphatic heterocycles. The van der Waals surface area contributed by atoms with Crippen molar-refractivity contribution in [1.29, 1.82) is 0 Å². The smallest absolute Gasteiger partial charge is 0.282 e. The molecule has 0 saturated heterocycles. The first-order chi connectivity index (χ1) is 6.36. The summed E-state index contributed by atoms with van der Waals surface area (Å²) in [5, 5.41) is 0.759. The van der Waals surface area contributed by atoms with Crippen molar-refractivity contribution in [3.05, 3.63) is 27.9 Å². The van der Waals surface area contributed by atoms with E-state index >= 15 is 0 Å². The zero-order valence-electron chi connectivity index (χ0n) is 7.05. The lowest BCUT2D eigenvalue weighted by Gasteiger charge is -1.90. The van der Waals surface area contributed by atoms with Crippen LogP contribution in [0.2, 0.25) is 0 Å². The first-order valence-corrected chi connectivity index (χ1v) is 4.43. The van der Waals surface area contributed by atoms with Gasteiger partial charge in [0.15, 0.2) is 0 Å². The van der Waals surface area contributed by atoms with Gasteiger partial charge in [-0.2, -0.15) is 4.98 Å². The van der Waals surface area contributed by atoms with E-state index in [1.165, 1.54) is 17.6 Å². The number of aromatic nitrogens is 3. The molecule has 0 fully saturated rings. The number of H-pyrrole nitrogens is 2. The van der Waals surface area contributed by atoms with Gasteiger partial charge in [0.25, 0.3) is 5.56 Å². The lowest BCUT2D eigenvalue weighted by atomic mass is 10.2. The Labute approximate surface area is 74.0 Å². The highest BCUT2D eigenvalue weighted by Gasteiger charge is 2.18. The second kappa shape index (κ2) is 2.22. The van der Waals surface area contributed by atoms with Gasteiger partial charge in [-0.3, -0.25) is 4.79 Å². The van der Waals surface area contributed by atoms with Crippen LogP contribution in [0.5, 0.6) is 0 Å². The van der Waals surface area contributed by atoms with Gasteiger partial charge in [0.1, 0.15) is 5.65 Å². The van der Waals surface area contributed by atoms with E-state index in [1.807, 2.05) is 0 Å². The highest BCUT2D eigenvalue weighted by molar-refractivity contribution is 5.80. The molecule has 2 heterocycles. The number of fused-ring (bicyclic) bond motifs is 3. The number of aromatic amines is 2. The molecule has 2 N–H and O–H groups in total. The Morgan fingerprint density at radius 3 is 3.23 bits per heavy atom. The molecule has 0 amide bonds. The monoisotopic (exact) mass is 175 g/mol. The first kappa shape index (κ1) is 6.88. The molecule has 2 aromatic rings. The molecule has 66 valence electrons. The fraction of sp³-hybridized carbons (Fsp3) is 0.333. The van der Waals surface area contributed by atoms with Crippen molar-refractivity contribution in [2.45, 2.75) is 19.3 Å². The second-order valence-corrected chi connectivity index (χ2v) is 3.39. The first-order valence-electron chi connectivity index (χ1n) is 4.43. The molecule has 1 aliphatic carbocycles. The summed E-state index contributed by atoms with van der Waals surface area (Å²) in [7, 11) is 0. The van der Waals surface area contributed by atoms with Crippen LogP contribution in [0.4, 0.5) is 0 Å². The number of rotatable bonds is 0. The Bertz CT molecular complexity index is 523. The van der Waals surface area contributed by atoms with Crippen molar-refractivity contribution in [3.63, 3.8) is 0 Å². The Balaban J connectivity index is 2.53. The topological polar surface area (TPSA) is 61.5 Å². The molecule has 3 rings (SSSR count). The maximum Gasteiger partial charge on any atom is 0.282 e. The van der Waals surface area contributed by atoms with Crippen molar-refractivity contribution in [2.24, 2.45) is 0 Å². The molecule has 0 atom stereocenters. The van der Waals surface area contributed by atoms with Crippen molar-refractivity contribution < 1.29 is 0 Å². The summed E-state index contributed by atoms with van der Waals surface area (Å²) < 4.78 is 0. The van der Waals surface area contributed by atoms with Crippen LogP contribution in [0.3, 0.4) is 0 Å². The van der Waals surface area contributed by atoms with E-state index in [-0.39, 0.29) is 5.56 Å². The Hall–Kier alpha value is -1.58. The van der Waals surface area contributed by atoms with E-state index in [0.717, 1.165) is 30.3 Å². The van der Waals surface area contributed by atoms with E-state index in [9.17, 15) is 4.79 Å². The number of nitrogens with one attached hydrogen (secondary N) is 2. The SMILES string of the molecule is O=c1nc[nH]c2[nH]c3c(c12)CCC3. The third-order valence-electron chi connectivity index (χ3n) is 2.65. The average molecular weight is 175 g/mol. The third-order valence-corrected chi connectivity index (χ3v) is 2.65. The van der Waals surface area contributed by atoms with Crippen LogP contribution < -0.4 is 5.56 Å². The normalized spacial score (nSPS) is 15.1. The summed E-state index contributed by atoms with van der Waals surface area (Å²) in [5.74, 6) is 0. The summed E-state index contributed by atoms with van der Waals surface area (Å²) in [6.07, 6.45) is 4.64. The van der Waals surface area contributed by atoms with Crippen molar-refractivity contribution in [2.75, 3.05) is 0 Å². The summed E-state index contributed by atoms with van der Waals surface area (Å²) in [4.78, 5) is 21.4. The molecule has 0 saturated carbocycles. The fourth-order valence-electron chi connectivity index (χ4n) is 2.09. The highest BCUT2D eigenvalue weighted by atomic mass is 16.1. The minimum Gasteiger partial charge on any atom is -0.344 e. The van der Waals surface area contributed by atoms with Crippen LogP contribution in [0.1, 0.15) is 17.7 Å². The lowest BCUT2D eigenvalue weighted by molar-refractivity contribution is 0.896. The second-order valence-electron chi connectivity index (χ2n) is 3.39. The third kappa shape index (κ3) is 0.798. The molecule has 0 radical (unpaired) electrons. The van der Waals surface area contributed by atoms with Crippen molar-refractivity contribution in [1.82, 2.24) is 15.0 Å². The van der Waals surface area contributed by atoms with E-state index < -0.39 is 0 Å². The van der Waals surface area contributed by atoms with Gasteiger partial charge in [-0.25, -0.2) is 0 Å². The van der Waals surface area contributed by atoms with E-state index in [2.05, 4.69) is 15.0 Å². The van der Waals surface area contributed by atoms with Crippen LogP contribution in [0, 0.1) is 0 Å². The van der Waals surface area contributed by atoms with E-state index in [4.69, 9.17) is 0 Å². The molecule has 0 bridgehead atoms. The van der Waals surface area contributed by atoms with Gasteiger partial charge in [-0.15, -0.1) is 0 Å². The minimum absolute atomic E-state index is 0.117. The summed E-state index contributed by atoms with van der Waals surface area (Å²) in [6.45, 7) is 0. The van der Waals surface area contributed by atoms with Gasteiger partial charge in [0, 0.05) is 5.69 Å². The Morgan fingerprint density at radius 2 is 2.31 bits per heavy atom. The van der Waals surface area contributed by atoms with Gasteiger partial charge in [0.05, 0.1) is 11.7 Å². The van der Waals surface area contributed by atoms with Crippen molar-refractivity contribution in [3.8, 4) is 0 Å². The van der Waals surface area contributed by atoms with E-state index in [1.54, 1.807) is 0 Å². The largest absolute Gasteiger partial charge is 0.344 e. The summed E-state index contributed by atoms with van der Waals surface area (Å²) in [5.41, 5.74) is 3.08. The molecule has 2 aromatic heterocycles. The van der Waals surface area contributed by atoms with Gasteiger partial charge in [-0.05, 0) is 24.8 Å². The predicted molar refractivity (Wildman–Crippen MR) is 48.7 cm³/mol. The highest BCUT2D eigenvalue weighted by Crippen LogP contribution is 2.25. The summed E-state index contributed by atoms with van der Waals surface area (Å²) >= 11 is 0. The average Bonchev–Trinajstić information content (AvgIpc) is 2.62. The van der Waals surface area contributed by atoms with Crippen LogP contribution in [0.15, 0.2) is 11.1 Å². The van der Waals surface area contributed by atoms with E-state index in [0.29, 0.717) is 0 Å². The predicted octanol–water partition coefficient (Wildman–Crippen LogP) is 0.740. The van der Waals surface area contributed by atoms with Crippen LogP contribution in [-0.4, -0.2) is 15.0 Å². The Kier molecular flexibility index (Phi) is 1.17. The number of hydrogen-bond acceptors (Lipinski definition) is 2. The van der Waals surface area contributed by atoms with Crippen LogP contribution in [-0.2, 0) is 12.8 Å². The van der Waals surface area contributed by atoms with Gasteiger partial charge >= 0.3 is 0 Å². The Morgan fingerprint density at radius 1 is 1.38 bits per heavy atom. The lowest BCUT2D eigenvalue weighted by Crippen LogP contribution is -2.06. The van der Waals surface area contributed by atoms with Gasteiger partial charge in [-0.1, -0.05) is 0 Å². The number of nitrogens with zero attached hydrogens (tertiary/aromatic N) is 1. The van der Waals surface area contributed by atoms with Gasteiger partial charge < -0.3 is 9.97 Å². The number of hydrogen-bond donors (Lipinski definition) is 2. The fourth-order valence-corrected chi connectivity index (χ4v) is 2.09. The maximum atomic E-state index is 11.4. The van der Waals surface area contributed by atoms with Crippen molar-refractivity contribution >= 4 is 11.0 Å². The molecule has 4 heteroatoms. The minimum atomic E-state index is -0.117. The van der Waals surface area contributed by atoms with Crippen LogP contribution >= 0.6 is 0 Å². The molecule has 0 aromatic carbocycles. The zero-order chi connectivity index (χ0) is 8.84. The maximum absolute atomic E-state index is 11.4. The van der Waals surface area contributed by atoms with Gasteiger partial charge in [0.2, 0.25) is 0 Å². The summed E-state index contributed by atoms with van der Waals surface area (Å²) in [6, 6.07) is 0. The molecular weight excluding hydrogens is 166 g/mol. The molecule has 1 aliphatic rings. The molecular formula is C9H9N3O. The molecule has 4 nitrogen and oxygen atoms in total. The molecule has 0 unspecified atom stereocenters. The quantitative estimate of drug-likeness (QED) is 0.620. The zero-order valence-corrected chi connectivity index (χ0v) is 7.05.